The van der Waals surface area contributed by atoms with Crippen LogP contribution in [0.15, 0.2) is 12.2 Å². The molecule has 0 aromatic carbocycles. The van der Waals surface area contributed by atoms with E-state index in [9.17, 15) is 23.8 Å². The van der Waals surface area contributed by atoms with E-state index in [-0.39, 0.29) is 19.4 Å². The number of hydrogen-bond donors (Lipinski definition) is 3. The number of carbonyl (C=O) groups is 3. The Morgan fingerprint density at radius 1 is 0.652 bits per heavy atom. The summed E-state index contributed by atoms with van der Waals surface area (Å²) in [4.78, 5) is 45.5. The van der Waals surface area contributed by atoms with E-state index in [1.165, 1.54) is 57.8 Å². The van der Waals surface area contributed by atoms with Crippen molar-refractivity contribution in [1.29, 1.82) is 0 Å². The van der Waals surface area contributed by atoms with E-state index in [0.29, 0.717) is 12.8 Å². The van der Waals surface area contributed by atoms with Crippen LogP contribution in [-0.2, 0) is 37.5 Å². The van der Waals surface area contributed by atoms with E-state index in [1.807, 2.05) is 0 Å². The molecule has 0 saturated heterocycles. The second kappa shape index (κ2) is 30.5. The summed E-state index contributed by atoms with van der Waals surface area (Å²) in [6, 6.07) is -1.52. The minimum atomic E-state index is -4.70. The quantitative estimate of drug-likeness (QED) is 0.0265. The van der Waals surface area contributed by atoms with Crippen LogP contribution in [0.4, 0.5) is 0 Å². The van der Waals surface area contributed by atoms with Gasteiger partial charge in [-0.2, -0.15) is 0 Å². The third-order valence-electron chi connectivity index (χ3n) is 7.51. The van der Waals surface area contributed by atoms with Crippen LogP contribution in [0, 0.1) is 0 Å². The lowest BCUT2D eigenvalue weighted by atomic mass is 10.1. The Labute approximate surface area is 278 Å². The zero-order valence-electron chi connectivity index (χ0n) is 28.7. The first-order chi connectivity index (χ1) is 22.1. The maximum Gasteiger partial charge on any atom is 0.472 e. The predicted molar refractivity (Wildman–Crippen MR) is 180 cm³/mol. The number of rotatable bonds is 33. The summed E-state index contributed by atoms with van der Waals surface area (Å²) in [7, 11) is -4.70. The van der Waals surface area contributed by atoms with Crippen LogP contribution < -0.4 is 5.73 Å². The van der Waals surface area contributed by atoms with Crippen molar-refractivity contribution < 1.29 is 47.5 Å². The van der Waals surface area contributed by atoms with Gasteiger partial charge in [-0.3, -0.25) is 23.4 Å². The van der Waals surface area contributed by atoms with Gasteiger partial charge in [-0.05, 0) is 38.5 Å². The molecule has 0 heterocycles. The lowest BCUT2D eigenvalue weighted by molar-refractivity contribution is -0.161. The maximum atomic E-state index is 12.5. The summed E-state index contributed by atoms with van der Waals surface area (Å²) in [5, 5.41) is 8.83. The summed E-state index contributed by atoms with van der Waals surface area (Å²) >= 11 is 0. The van der Waals surface area contributed by atoms with Crippen molar-refractivity contribution in [3.05, 3.63) is 12.2 Å². The van der Waals surface area contributed by atoms with Gasteiger partial charge in [-0.25, -0.2) is 4.57 Å². The van der Waals surface area contributed by atoms with Gasteiger partial charge in [0.25, 0.3) is 0 Å². The van der Waals surface area contributed by atoms with E-state index < -0.39 is 51.1 Å². The van der Waals surface area contributed by atoms with Crippen molar-refractivity contribution in [2.75, 3.05) is 19.8 Å². The van der Waals surface area contributed by atoms with E-state index in [4.69, 9.17) is 24.8 Å². The Morgan fingerprint density at radius 3 is 1.63 bits per heavy atom. The molecular formula is C34H64NO10P. The number of hydrogen-bond acceptors (Lipinski definition) is 9. The van der Waals surface area contributed by atoms with E-state index >= 15 is 0 Å². The molecule has 0 aliphatic rings. The molecule has 11 nitrogen and oxygen atoms in total. The summed E-state index contributed by atoms with van der Waals surface area (Å²) in [6.07, 6.45) is 25.8. The highest BCUT2D eigenvalue weighted by Crippen LogP contribution is 2.43. The second-order valence-electron chi connectivity index (χ2n) is 12.0. The number of phosphoric acid groups is 1. The summed E-state index contributed by atoms with van der Waals surface area (Å²) < 4.78 is 32.4. The minimum Gasteiger partial charge on any atom is -0.480 e. The number of phosphoric ester groups is 1. The number of carboxylic acids is 1. The smallest absolute Gasteiger partial charge is 0.472 e. The summed E-state index contributed by atoms with van der Waals surface area (Å²) in [5.74, 6) is -2.39. The molecule has 12 heteroatoms. The molecule has 4 N–H and O–H groups in total. The Balaban J connectivity index is 4.50. The van der Waals surface area contributed by atoms with Crippen LogP contribution in [0.5, 0.6) is 0 Å². The number of carbonyl (C=O) groups excluding carboxylic acids is 2. The molecule has 0 aromatic heterocycles. The standard InChI is InChI=1S/C34H64NO10P/c1-3-5-7-9-11-13-15-16-18-20-22-24-26-33(37)45-30(28-43-46(40,41)44-29-31(35)34(38)39)27-42-32(36)25-23-21-19-17-14-12-10-8-6-4-2/h11,13,30-31H,3-10,12,14-29,35H2,1-2H3,(H,38,39)(H,40,41)/b13-11-/t30-,31+/m1/s1. The number of unbranched alkanes of at least 4 members (excludes halogenated alkanes) is 17. The maximum absolute atomic E-state index is 12.5. The molecule has 0 rings (SSSR count). The fourth-order valence-electron chi connectivity index (χ4n) is 4.65. The average Bonchev–Trinajstić information content (AvgIpc) is 3.02. The monoisotopic (exact) mass is 677 g/mol. The van der Waals surface area contributed by atoms with Crippen molar-refractivity contribution in [3.63, 3.8) is 0 Å². The molecule has 0 saturated carbocycles. The third kappa shape index (κ3) is 29.6. The van der Waals surface area contributed by atoms with Gasteiger partial charge in [-0.15, -0.1) is 0 Å². The largest absolute Gasteiger partial charge is 0.480 e. The highest BCUT2D eigenvalue weighted by atomic mass is 31.2. The summed E-state index contributed by atoms with van der Waals surface area (Å²) in [5.41, 5.74) is 5.30. The average molecular weight is 678 g/mol. The molecule has 270 valence electrons. The van der Waals surface area contributed by atoms with Gasteiger partial charge < -0.3 is 25.2 Å². The molecule has 0 amide bonds. The predicted octanol–water partition coefficient (Wildman–Crippen LogP) is 8.17. The molecule has 46 heavy (non-hydrogen) atoms. The first-order valence-corrected chi connectivity index (χ1v) is 19.2. The SMILES string of the molecule is CCCCC/C=C\CCCCCCCC(=O)O[C@H](COC(=O)CCCCCCCCCCCC)COP(=O)(O)OC[C@H](N)C(=O)O. The van der Waals surface area contributed by atoms with Crippen molar-refractivity contribution in [2.45, 2.75) is 167 Å². The van der Waals surface area contributed by atoms with E-state index in [1.54, 1.807) is 0 Å². The van der Waals surface area contributed by atoms with Crippen LogP contribution in [0.25, 0.3) is 0 Å². The third-order valence-corrected chi connectivity index (χ3v) is 8.46. The molecule has 0 bridgehead atoms. The zero-order chi connectivity index (χ0) is 34.3. The van der Waals surface area contributed by atoms with Crippen LogP contribution >= 0.6 is 7.82 Å². The molecule has 1 unspecified atom stereocenters. The van der Waals surface area contributed by atoms with Gasteiger partial charge in [0.15, 0.2) is 6.10 Å². The first kappa shape index (κ1) is 44.2. The number of esters is 2. The Hall–Kier alpha value is -1.78. The first-order valence-electron chi connectivity index (χ1n) is 17.7. The highest BCUT2D eigenvalue weighted by Gasteiger charge is 2.28. The molecule has 0 fully saturated rings. The second-order valence-corrected chi connectivity index (χ2v) is 13.5. The van der Waals surface area contributed by atoms with Gasteiger partial charge >= 0.3 is 25.7 Å². The van der Waals surface area contributed by atoms with Crippen molar-refractivity contribution in [1.82, 2.24) is 0 Å². The van der Waals surface area contributed by atoms with Gasteiger partial charge in [0.1, 0.15) is 12.6 Å². The van der Waals surface area contributed by atoms with Gasteiger partial charge in [0.05, 0.1) is 13.2 Å². The lowest BCUT2D eigenvalue weighted by Gasteiger charge is -2.20. The normalized spacial score (nSPS) is 14.2. The molecule has 0 aromatic rings. The Bertz CT molecular complexity index is 854. The summed E-state index contributed by atoms with van der Waals surface area (Å²) in [6.45, 7) is 2.72. The number of aliphatic carboxylic acids is 1. The number of carboxylic acid groups (broad SMARTS) is 1. The van der Waals surface area contributed by atoms with Gasteiger partial charge in [0.2, 0.25) is 0 Å². The van der Waals surface area contributed by atoms with Crippen molar-refractivity contribution in [2.24, 2.45) is 5.73 Å². The lowest BCUT2D eigenvalue weighted by Crippen LogP contribution is -2.34. The zero-order valence-corrected chi connectivity index (χ0v) is 29.6. The Morgan fingerprint density at radius 2 is 1.09 bits per heavy atom. The van der Waals surface area contributed by atoms with Gasteiger partial charge in [-0.1, -0.05) is 116 Å². The number of allylic oxidation sites excluding steroid dienone is 2. The molecule has 0 aliphatic heterocycles. The van der Waals surface area contributed by atoms with Gasteiger partial charge in [0, 0.05) is 12.8 Å². The number of nitrogens with two attached hydrogens (primary N) is 1. The van der Waals surface area contributed by atoms with Crippen LogP contribution in [0.3, 0.4) is 0 Å². The fourth-order valence-corrected chi connectivity index (χ4v) is 5.42. The highest BCUT2D eigenvalue weighted by molar-refractivity contribution is 7.47. The molecule has 0 spiro atoms. The van der Waals surface area contributed by atoms with Crippen LogP contribution in [0.1, 0.15) is 155 Å². The van der Waals surface area contributed by atoms with E-state index in [2.05, 4.69) is 30.5 Å². The molecule has 0 aliphatic carbocycles. The van der Waals surface area contributed by atoms with E-state index in [0.717, 1.165) is 57.8 Å². The molecular weight excluding hydrogens is 613 g/mol. The van der Waals surface area contributed by atoms with Crippen molar-refractivity contribution >= 4 is 25.7 Å². The topological polar surface area (TPSA) is 172 Å². The molecule has 3 atom stereocenters. The Kier molecular flexibility index (Phi) is 29.4. The fraction of sp³-hybridized carbons (Fsp3) is 0.853. The number of ether oxygens (including phenoxy) is 2. The minimum absolute atomic E-state index is 0.154. The van der Waals surface area contributed by atoms with Crippen LogP contribution in [-0.4, -0.2) is 59.9 Å². The molecule has 0 radical (unpaired) electrons. The van der Waals surface area contributed by atoms with Crippen molar-refractivity contribution in [3.8, 4) is 0 Å². The van der Waals surface area contributed by atoms with Crippen LogP contribution in [0.2, 0.25) is 0 Å².